The summed E-state index contributed by atoms with van der Waals surface area (Å²) in [4.78, 5) is 29.5. The van der Waals surface area contributed by atoms with E-state index in [1.54, 1.807) is 31.3 Å². The van der Waals surface area contributed by atoms with Gasteiger partial charge in [0.2, 0.25) is 0 Å². The molecule has 0 aliphatic carbocycles. The van der Waals surface area contributed by atoms with Crippen molar-refractivity contribution in [3.8, 4) is 0 Å². The lowest BCUT2D eigenvalue weighted by molar-refractivity contribution is 0.0960. The Hall–Kier alpha value is -3.58. The van der Waals surface area contributed by atoms with Gasteiger partial charge in [0.15, 0.2) is 5.58 Å². The van der Waals surface area contributed by atoms with Crippen LogP contribution in [0.25, 0.3) is 11.1 Å². The summed E-state index contributed by atoms with van der Waals surface area (Å²) in [5, 5.41) is 6.12. The van der Waals surface area contributed by atoms with Crippen molar-refractivity contribution in [3.63, 3.8) is 0 Å². The lowest BCUT2D eigenvalue weighted by atomic mass is 10.0. The Kier molecular flexibility index (Phi) is 6.04. The van der Waals surface area contributed by atoms with Gasteiger partial charge in [0.1, 0.15) is 5.52 Å². The molecule has 2 N–H and O–H groups in total. The van der Waals surface area contributed by atoms with Crippen LogP contribution in [0.2, 0.25) is 0 Å². The van der Waals surface area contributed by atoms with Crippen molar-refractivity contribution < 1.29 is 14.0 Å². The van der Waals surface area contributed by atoms with Crippen LogP contribution >= 0.6 is 11.8 Å². The Morgan fingerprint density at radius 2 is 1.68 bits per heavy atom. The third-order valence-electron chi connectivity index (χ3n) is 4.94. The molecule has 3 aromatic carbocycles. The Bertz CT molecular complexity index is 1230. The summed E-state index contributed by atoms with van der Waals surface area (Å²) < 4.78 is 5.76. The van der Waals surface area contributed by atoms with Gasteiger partial charge in [0.25, 0.3) is 17.0 Å². The van der Waals surface area contributed by atoms with E-state index in [0.717, 1.165) is 16.7 Å². The monoisotopic (exact) mass is 431 g/mol. The smallest absolute Gasteiger partial charge is 0.257 e. The molecule has 156 valence electrons. The quantitative estimate of drug-likeness (QED) is 0.418. The van der Waals surface area contributed by atoms with Gasteiger partial charge < -0.3 is 15.1 Å². The van der Waals surface area contributed by atoms with E-state index in [-0.39, 0.29) is 11.8 Å². The number of para-hydroxylation sites is 2. The highest BCUT2D eigenvalue weighted by atomic mass is 32.2. The Labute approximate surface area is 184 Å². The van der Waals surface area contributed by atoms with E-state index in [4.69, 9.17) is 4.42 Å². The summed E-state index contributed by atoms with van der Waals surface area (Å²) in [6.45, 7) is 1.81. The molecule has 4 aromatic rings. The third-order valence-corrected chi connectivity index (χ3v) is 5.82. The minimum atomic E-state index is -0.231. The van der Waals surface area contributed by atoms with Crippen LogP contribution in [0.5, 0.6) is 0 Å². The highest BCUT2D eigenvalue weighted by Crippen LogP contribution is 2.28. The number of hydrogen-bond donors (Lipinski definition) is 2. The molecule has 0 aliphatic rings. The summed E-state index contributed by atoms with van der Waals surface area (Å²) in [6, 6.07) is 20.3. The molecule has 6 nitrogen and oxygen atoms in total. The zero-order valence-corrected chi connectivity index (χ0v) is 18.0. The van der Waals surface area contributed by atoms with Gasteiger partial charge in [0.05, 0.1) is 0 Å². The molecule has 4 rings (SSSR count). The number of anilines is 1. The number of carbonyl (C=O) groups excluding carboxylic acids is 2. The third kappa shape index (κ3) is 4.46. The molecule has 0 unspecified atom stereocenters. The van der Waals surface area contributed by atoms with E-state index < -0.39 is 0 Å². The normalized spacial score (nSPS) is 10.8. The first-order chi connectivity index (χ1) is 15.1. The van der Waals surface area contributed by atoms with Crippen molar-refractivity contribution in [1.29, 1.82) is 0 Å². The fourth-order valence-corrected chi connectivity index (χ4v) is 4.10. The molecule has 0 atom stereocenters. The van der Waals surface area contributed by atoms with Crippen molar-refractivity contribution in [2.45, 2.75) is 17.9 Å². The van der Waals surface area contributed by atoms with Crippen molar-refractivity contribution in [2.24, 2.45) is 0 Å². The summed E-state index contributed by atoms with van der Waals surface area (Å²) in [7, 11) is 1.58. The number of benzene rings is 3. The predicted molar refractivity (Wildman–Crippen MR) is 123 cm³/mol. The standard InChI is InChI=1S/C24H21N3O3S/c1-15-17(22(28)25-2)10-7-12-19(15)26-23(29)18-9-4-3-8-16(18)14-31-24-27-20-11-5-6-13-21(20)30-24/h3-13H,14H2,1-2H3,(H,25,28)(H,26,29). The molecular weight excluding hydrogens is 410 g/mol. The molecule has 0 radical (unpaired) electrons. The summed E-state index contributed by atoms with van der Waals surface area (Å²) in [5.41, 5.74) is 4.83. The number of nitrogens with zero attached hydrogens (tertiary/aromatic N) is 1. The molecular formula is C24H21N3O3S. The van der Waals surface area contributed by atoms with Crippen LogP contribution in [0.15, 0.2) is 76.4 Å². The molecule has 7 heteroatoms. The van der Waals surface area contributed by atoms with Crippen LogP contribution in [0.1, 0.15) is 31.8 Å². The number of aromatic nitrogens is 1. The van der Waals surface area contributed by atoms with Crippen LogP contribution in [-0.2, 0) is 5.75 Å². The summed E-state index contributed by atoms with van der Waals surface area (Å²) >= 11 is 1.44. The van der Waals surface area contributed by atoms with Crippen molar-refractivity contribution in [3.05, 3.63) is 89.0 Å². The van der Waals surface area contributed by atoms with E-state index in [9.17, 15) is 9.59 Å². The number of carbonyl (C=O) groups is 2. The maximum atomic E-state index is 13.0. The number of fused-ring (bicyclic) bond motifs is 1. The molecule has 1 heterocycles. The van der Waals surface area contributed by atoms with Gasteiger partial charge >= 0.3 is 0 Å². The highest BCUT2D eigenvalue weighted by Gasteiger charge is 2.16. The van der Waals surface area contributed by atoms with E-state index in [0.29, 0.717) is 33.4 Å². The molecule has 0 fully saturated rings. The zero-order valence-electron chi connectivity index (χ0n) is 17.1. The fourth-order valence-electron chi connectivity index (χ4n) is 3.26. The minimum Gasteiger partial charge on any atom is -0.431 e. The first-order valence-corrected chi connectivity index (χ1v) is 10.7. The van der Waals surface area contributed by atoms with E-state index in [1.165, 1.54) is 11.8 Å². The molecule has 0 saturated heterocycles. The average molecular weight is 432 g/mol. The maximum Gasteiger partial charge on any atom is 0.257 e. The number of thioether (sulfide) groups is 1. The van der Waals surface area contributed by atoms with Crippen LogP contribution in [0.3, 0.4) is 0 Å². The van der Waals surface area contributed by atoms with Crippen LogP contribution in [0.4, 0.5) is 5.69 Å². The van der Waals surface area contributed by atoms with Gasteiger partial charge in [0, 0.05) is 29.6 Å². The molecule has 0 saturated carbocycles. The first-order valence-electron chi connectivity index (χ1n) is 9.76. The Morgan fingerprint density at radius 1 is 0.935 bits per heavy atom. The number of oxazole rings is 1. The van der Waals surface area contributed by atoms with Crippen LogP contribution < -0.4 is 10.6 Å². The highest BCUT2D eigenvalue weighted by molar-refractivity contribution is 7.98. The first kappa shape index (κ1) is 20.7. The molecule has 0 spiro atoms. The minimum absolute atomic E-state index is 0.191. The second kappa shape index (κ2) is 9.06. The van der Waals surface area contributed by atoms with E-state index in [1.807, 2.05) is 49.4 Å². The average Bonchev–Trinajstić information content (AvgIpc) is 3.22. The lowest BCUT2D eigenvalue weighted by Gasteiger charge is -2.13. The molecule has 31 heavy (non-hydrogen) atoms. The van der Waals surface area contributed by atoms with E-state index in [2.05, 4.69) is 15.6 Å². The Balaban J connectivity index is 1.53. The number of rotatable bonds is 6. The molecule has 0 aliphatic heterocycles. The predicted octanol–water partition coefficient (Wildman–Crippen LogP) is 5.04. The van der Waals surface area contributed by atoms with Gasteiger partial charge in [-0.2, -0.15) is 0 Å². The fraction of sp³-hybridized carbons (Fsp3) is 0.125. The van der Waals surface area contributed by atoms with Crippen LogP contribution in [0, 0.1) is 6.92 Å². The zero-order chi connectivity index (χ0) is 21.8. The summed E-state index contributed by atoms with van der Waals surface area (Å²) in [6.07, 6.45) is 0. The second-order valence-corrected chi connectivity index (χ2v) is 7.83. The van der Waals surface area contributed by atoms with Crippen LogP contribution in [-0.4, -0.2) is 23.8 Å². The Morgan fingerprint density at radius 3 is 2.48 bits per heavy atom. The van der Waals surface area contributed by atoms with Gasteiger partial charge in [-0.3, -0.25) is 9.59 Å². The van der Waals surface area contributed by atoms with Crippen molar-refractivity contribution in [2.75, 3.05) is 12.4 Å². The van der Waals surface area contributed by atoms with Crippen molar-refractivity contribution >= 4 is 40.4 Å². The topological polar surface area (TPSA) is 84.2 Å². The van der Waals surface area contributed by atoms with Gasteiger partial charge in [-0.15, -0.1) is 0 Å². The van der Waals surface area contributed by atoms with Gasteiger partial charge in [-0.1, -0.05) is 48.2 Å². The van der Waals surface area contributed by atoms with Crippen molar-refractivity contribution in [1.82, 2.24) is 10.3 Å². The molecule has 0 bridgehead atoms. The molecule has 1 aromatic heterocycles. The molecule has 2 amide bonds. The second-order valence-electron chi connectivity index (χ2n) is 6.90. The lowest BCUT2D eigenvalue weighted by Crippen LogP contribution is -2.20. The van der Waals surface area contributed by atoms with E-state index >= 15 is 0 Å². The largest absolute Gasteiger partial charge is 0.431 e. The SMILES string of the molecule is CNC(=O)c1cccc(NC(=O)c2ccccc2CSc2nc3ccccc3o2)c1C. The maximum absolute atomic E-state index is 13.0. The number of amides is 2. The summed E-state index contributed by atoms with van der Waals surface area (Å²) in [5.74, 6) is 0.114. The van der Waals surface area contributed by atoms with Gasteiger partial charge in [-0.05, 0) is 48.4 Å². The van der Waals surface area contributed by atoms with Gasteiger partial charge in [-0.25, -0.2) is 4.98 Å². The number of hydrogen-bond acceptors (Lipinski definition) is 5. The number of nitrogens with one attached hydrogen (secondary N) is 2.